The van der Waals surface area contributed by atoms with E-state index in [1.165, 1.54) is 11.3 Å². The molecule has 0 aliphatic carbocycles. The van der Waals surface area contributed by atoms with E-state index in [0.29, 0.717) is 20.2 Å². The Morgan fingerprint density at radius 1 is 1.19 bits per heavy atom. The zero-order valence-corrected chi connectivity index (χ0v) is 12.2. The minimum Gasteiger partial charge on any atom is -0.267 e. The second-order valence-corrected chi connectivity index (χ2v) is 5.99. The molecule has 102 valence electrons. The zero-order valence-electron chi connectivity index (χ0n) is 10.7. The summed E-state index contributed by atoms with van der Waals surface area (Å²) in [7, 11) is 0. The minimum atomic E-state index is -0.0915. The molecular formula is C15H8ClN3OS. The van der Waals surface area contributed by atoms with E-state index >= 15 is 0 Å². The van der Waals surface area contributed by atoms with Crippen LogP contribution in [0.25, 0.3) is 22.2 Å². The smallest absolute Gasteiger partial charge is 0.267 e. The predicted octanol–water partition coefficient (Wildman–Crippen LogP) is 2.51. The first-order valence-electron chi connectivity index (χ1n) is 6.26. The van der Waals surface area contributed by atoms with Gasteiger partial charge in [0.2, 0.25) is 0 Å². The van der Waals surface area contributed by atoms with Gasteiger partial charge >= 0.3 is 0 Å². The molecule has 0 unspecified atom stereocenters. The van der Waals surface area contributed by atoms with Crippen LogP contribution in [0.1, 0.15) is 5.56 Å². The summed E-state index contributed by atoms with van der Waals surface area (Å²) in [5.41, 5.74) is 2.17. The molecular weight excluding hydrogens is 306 g/mol. The Morgan fingerprint density at radius 3 is 2.81 bits per heavy atom. The molecule has 21 heavy (non-hydrogen) atoms. The van der Waals surface area contributed by atoms with Crippen molar-refractivity contribution in [1.82, 2.24) is 14.4 Å². The first-order valence-corrected chi connectivity index (χ1v) is 7.45. The topological polar surface area (TPSA) is 47.3 Å². The van der Waals surface area contributed by atoms with Crippen molar-refractivity contribution >= 4 is 45.1 Å². The van der Waals surface area contributed by atoms with Gasteiger partial charge in [-0.25, -0.2) is 14.4 Å². The third-order valence-electron chi connectivity index (χ3n) is 3.17. The third kappa shape index (κ3) is 2.02. The van der Waals surface area contributed by atoms with E-state index in [4.69, 9.17) is 11.6 Å². The molecule has 4 nitrogen and oxygen atoms in total. The lowest BCUT2D eigenvalue weighted by molar-refractivity contribution is 1.15. The highest BCUT2D eigenvalue weighted by Crippen LogP contribution is 2.14. The van der Waals surface area contributed by atoms with E-state index in [9.17, 15) is 4.79 Å². The second kappa shape index (κ2) is 4.65. The van der Waals surface area contributed by atoms with Crippen molar-refractivity contribution in [2.45, 2.75) is 0 Å². The van der Waals surface area contributed by atoms with Crippen LogP contribution < -0.4 is 10.1 Å². The number of nitrogens with zero attached hydrogens (tertiary/aromatic N) is 3. The third-order valence-corrected chi connectivity index (χ3v) is 4.39. The molecule has 0 bridgehead atoms. The van der Waals surface area contributed by atoms with Crippen LogP contribution >= 0.6 is 22.9 Å². The number of rotatable bonds is 1. The number of hydrogen-bond acceptors (Lipinski definition) is 4. The van der Waals surface area contributed by atoms with Crippen LogP contribution in [-0.2, 0) is 0 Å². The van der Waals surface area contributed by atoms with Crippen molar-refractivity contribution in [3.63, 3.8) is 0 Å². The van der Waals surface area contributed by atoms with Crippen LogP contribution in [0.2, 0.25) is 5.02 Å². The summed E-state index contributed by atoms with van der Waals surface area (Å²) in [6.45, 7) is 0. The van der Waals surface area contributed by atoms with Gasteiger partial charge in [-0.2, -0.15) is 0 Å². The summed E-state index contributed by atoms with van der Waals surface area (Å²) in [6.07, 6.45) is 3.50. The van der Waals surface area contributed by atoms with Crippen molar-refractivity contribution in [2.24, 2.45) is 0 Å². The van der Waals surface area contributed by atoms with E-state index in [1.807, 2.05) is 30.3 Å². The average Bonchev–Trinajstić information content (AvgIpc) is 2.99. The van der Waals surface area contributed by atoms with Gasteiger partial charge in [0.25, 0.3) is 5.56 Å². The SMILES string of the molecule is O=c1/c(=C/c2ccc(Cl)cc2)sc2nc3cccnc3n12. The molecule has 3 heterocycles. The molecule has 0 aliphatic rings. The maximum Gasteiger partial charge on any atom is 0.276 e. The van der Waals surface area contributed by atoms with E-state index in [-0.39, 0.29) is 5.56 Å². The van der Waals surface area contributed by atoms with E-state index < -0.39 is 0 Å². The zero-order chi connectivity index (χ0) is 14.4. The Labute approximate surface area is 128 Å². The van der Waals surface area contributed by atoms with E-state index in [0.717, 1.165) is 11.1 Å². The maximum absolute atomic E-state index is 12.5. The molecule has 1 aromatic carbocycles. The van der Waals surface area contributed by atoms with Crippen molar-refractivity contribution in [1.29, 1.82) is 0 Å². The quantitative estimate of drug-likeness (QED) is 0.542. The molecule has 0 N–H and O–H groups in total. The number of halogens is 1. The van der Waals surface area contributed by atoms with Crippen LogP contribution in [0.15, 0.2) is 47.4 Å². The number of fused-ring (bicyclic) bond motifs is 3. The van der Waals surface area contributed by atoms with Gasteiger partial charge in [-0.1, -0.05) is 35.1 Å². The lowest BCUT2D eigenvalue weighted by Crippen LogP contribution is -2.22. The maximum atomic E-state index is 12.5. The molecule has 0 saturated heterocycles. The van der Waals surface area contributed by atoms with Crippen molar-refractivity contribution in [3.05, 3.63) is 68.1 Å². The Morgan fingerprint density at radius 2 is 2.00 bits per heavy atom. The van der Waals surface area contributed by atoms with Crippen molar-refractivity contribution in [3.8, 4) is 0 Å². The highest BCUT2D eigenvalue weighted by atomic mass is 35.5. The van der Waals surface area contributed by atoms with Crippen LogP contribution in [0.3, 0.4) is 0 Å². The molecule has 0 amide bonds. The van der Waals surface area contributed by atoms with Crippen LogP contribution in [0, 0.1) is 0 Å². The Kier molecular flexibility index (Phi) is 2.77. The lowest BCUT2D eigenvalue weighted by Gasteiger charge is -1.91. The van der Waals surface area contributed by atoms with E-state index in [2.05, 4.69) is 9.97 Å². The van der Waals surface area contributed by atoms with Crippen molar-refractivity contribution in [2.75, 3.05) is 0 Å². The van der Waals surface area contributed by atoms with E-state index in [1.54, 1.807) is 22.7 Å². The number of imidazole rings is 1. The standard InChI is InChI=1S/C15H8ClN3OS/c16-10-5-3-9(4-6-10)8-12-14(20)19-13-11(2-1-7-17-13)18-15(19)21-12/h1-8H/b12-8-. The summed E-state index contributed by atoms with van der Waals surface area (Å²) in [5.74, 6) is 0. The molecule has 0 saturated carbocycles. The number of aromatic nitrogens is 3. The Bertz CT molecular complexity index is 1070. The van der Waals surface area contributed by atoms with Gasteiger partial charge in [0.1, 0.15) is 5.52 Å². The first kappa shape index (κ1) is 12.5. The molecule has 0 atom stereocenters. The first-order chi connectivity index (χ1) is 10.2. The summed E-state index contributed by atoms with van der Waals surface area (Å²) in [5, 5.41) is 0.672. The Hall–Kier alpha value is -2.24. The summed E-state index contributed by atoms with van der Waals surface area (Å²) in [4.78, 5) is 21.8. The lowest BCUT2D eigenvalue weighted by atomic mass is 10.2. The average molecular weight is 314 g/mol. The molecule has 4 rings (SSSR count). The second-order valence-electron chi connectivity index (χ2n) is 4.54. The van der Waals surface area contributed by atoms with Gasteiger partial charge in [-0.05, 0) is 35.9 Å². The number of benzene rings is 1. The van der Waals surface area contributed by atoms with Gasteiger partial charge in [0.05, 0.1) is 4.53 Å². The minimum absolute atomic E-state index is 0.0915. The molecule has 4 aromatic rings. The molecule has 0 fully saturated rings. The van der Waals surface area contributed by atoms with Gasteiger partial charge in [-0.3, -0.25) is 4.79 Å². The number of hydrogen-bond donors (Lipinski definition) is 0. The largest absolute Gasteiger partial charge is 0.276 e. The summed E-state index contributed by atoms with van der Waals surface area (Å²) in [6, 6.07) is 11.0. The highest BCUT2D eigenvalue weighted by molar-refractivity contribution is 7.15. The van der Waals surface area contributed by atoms with Gasteiger partial charge in [-0.15, -0.1) is 0 Å². The van der Waals surface area contributed by atoms with Gasteiger partial charge in [0.15, 0.2) is 10.6 Å². The molecule has 3 aromatic heterocycles. The Balaban J connectivity index is 2.00. The van der Waals surface area contributed by atoms with Crippen LogP contribution in [0.4, 0.5) is 0 Å². The summed E-state index contributed by atoms with van der Waals surface area (Å²) < 4.78 is 2.19. The molecule has 0 radical (unpaired) electrons. The van der Waals surface area contributed by atoms with Crippen LogP contribution in [0.5, 0.6) is 0 Å². The fourth-order valence-electron chi connectivity index (χ4n) is 2.20. The monoisotopic (exact) mass is 313 g/mol. The summed E-state index contributed by atoms with van der Waals surface area (Å²) >= 11 is 7.22. The molecule has 0 spiro atoms. The number of thiazole rings is 1. The van der Waals surface area contributed by atoms with Gasteiger partial charge in [0, 0.05) is 11.2 Å². The normalized spacial score (nSPS) is 12.5. The number of pyridine rings is 1. The van der Waals surface area contributed by atoms with Gasteiger partial charge < -0.3 is 0 Å². The molecule has 0 aliphatic heterocycles. The van der Waals surface area contributed by atoms with Crippen molar-refractivity contribution < 1.29 is 0 Å². The van der Waals surface area contributed by atoms with Crippen LogP contribution in [-0.4, -0.2) is 14.4 Å². The fraction of sp³-hybridized carbons (Fsp3) is 0. The predicted molar refractivity (Wildman–Crippen MR) is 84.9 cm³/mol. The fourth-order valence-corrected chi connectivity index (χ4v) is 3.30. The molecule has 6 heteroatoms. The highest BCUT2D eigenvalue weighted by Gasteiger charge is 2.11.